The van der Waals surface area contributed by atoms with Gasteiger partial charge in [-0.1, -0.05) is 0 Å². The van der Waals surface area contributed by atoms with Gasteiger partial charge in [-0.15, -0.1) is 11.3 Å². The van der Waals surface area contributed by atoms with Gasteiger partial charge < -0.3 is 10.1 Å². The van der Waals surface area contributed by atoms with Crippen molar-refractivity contribution in [3.8, 4) is 0 Å². The van der Waals surface area contributed by atoms with Crippen LogP contribution in [-0.2, 0) is 21.3 Å². The Hall–Kier alpha value is -0.470. The van der Waals surface area contributed by atoms with Crippen LogP contribution in [0.2, 0.25) is 0 Å². The highest BCUT2D eigenvalue weighted by atomic mass is 32.2. The van der Waals surface area contributed by atoms with Crippen molar-refractivity contribution in [1.29, 1.82) is 0 Å². The summed E-state index contributed by atoms with van der Waals surface area (Å²) in [6, 6.07) is 4.21. The first-order valence-corrected chi connectivity index (χ1v) is 9.70. The van der Waals surface area contributed by atoms with E-state index in [-0.39, 0.29) is 5.60 Å². The van der Waals surface area contributed by atoms with Gasteiger partial charge >= 0.3 is 0 Å². The van der Waals surface area contributed by atoms with Crippen LogP contribution in [-0.4, -0.2) is 33.7 Å². The van der Waals surface area contributed by atoms with E-state index in [9.17, 15) is 8.42 Å². The molecule has 0 aromatic carbocycles. The fraction of sp³-hybridized carbons (Fsp3) is 0.714. The van der Waals surface area contributed by atoms with Crippen molar-refractivity contribution in [1.82, 2.24) is 10.0 Å². The molecule has 2 N–H and O–H groups in total. The van der Waals surface area contributed by atoms with Crippen molar-refractivity contribution >= 4 is 21.4 Å². The average Bonchev–Trinajstić information content (AvgIpc) is 3.12. The molecule has 0 bridgehead atoms. The highest BCUT2D eigenvalue weighted by Crippen LogP contribution is 2.34. The summed E-state index contributed by atoms with van der Waals surface area (Å²) in [6.07, 6.45) is 5.42. The minimum atomic E-state index is -3.42. The second-order valence-corrected chi connectivity index (χ2v) is 9.10. The Kier molecular flexibility index (Phi) is 4.38. The van der Waals surface area contributed by atoms with Gasteiger partial charge in [0.1, 0.15) is 4.21 Å². The highest BCUT2D eigenvalue weighted by Gasteiger charge is 2.38. The molecular formula is C14H22N2O3S2. The molecule has 2 fully saturated rings. The van der Waals surface area contributed by atoms with Crippen molar-refractivity contribution in [3.05, 3.63) is 17.0 Å². The van der Waals surface area contributed by atoms with E-state index in [1.807, 2.05) is 6.07 Å². The molecule has 0 aliphatic heterocycles. The van der Waals surface area contributed by atoms with Gasteiger partial charge in [0, 0.05) is 31.1 Å². The predicted octanol–water partition coefficient (Wildman–Crippen LogP) is 1.85. The van der Waals surface area contributed by atoms with Gasteiger partial charge in [0.15, 0.2) is 0 Å². The fourth-order valence-electron chi connectivity index (χ4n) is 2.45. The van der Waals surface area contributed by atoms with Crippen LogP contribution in [0.1, 0.15) is 37.0 Å². The third kappa shape index (κ3) is 3.65. The highest BCUT2D eigenvalue weighted by molar-refractivity contribution is 7.91. The van der Waals surface area contributed by atoms with E-state index in [0.29, 0.717) is 16.8 Å². The van der Waals surface area contributed by atoms with Crippen LogP contribution in [0.5, 0.6) is 0 Å². The van der Waals surface area contributed by atoms with Crippen molar-refractivity contribution in [2.75, 3.05) is 13.7 Å². The van der Waals surface area contributed by atoms with Gasteiger partial charge in [-0.2, -0.15) is 0 Å². The normalized spacial score (nSPS) is 21.2. The van der Waals surface area contributed by atoms with E-state index < -0.39 is 10.0 Å². The van der Waals surface area contributed by atoms with E-state index in [1.165, 1.54) is 24.2 Å². The third-order valence-corrected chi connectivity index (χ3v) is 7.30. The predicted molar refractivity (Wildman–Crippen MR) is 83.0 cm³/mol. The summed E-state index contributed by atoms with van der Waals surface area (Å²) in [5.74, 6) is 0. The smallest absolute Gasteiger partial charge is 0.250 e. The molecule has 7 heteroatoms. The molecule has 5 nitrogen and oxygen atoms in total. The van der Waals surface area contributed by atoms with Crippen molar-refractivity contribution in [3.63, 3.8) is 0 Å². The summed E-state index contributed by atoms with van der Waals surface area (Å²) in [5.41, 5.74) is -0.291. The second-order valence-electron chi connectivity index (χ2n) is 5.94. The van der Waals surface area contributed by atoms with E-state index in [1.54, 1.807) is 13.2 Å². The number of ether oxygens (including phenoxy) is 1. The van der Waals surface area contributed by atoms with Gasteiger partial charge in [-0.05, 0) is 44.2 Å². The van der Waals surface area contributed by atoms with E-state index in [2.05, 4.69) is 10.0 Å². The first kappa shape index (κ1) is 15.4. The molecular weight excluding hydrogens is 308 g/mol. The van der Waals surface area contributed by atoms with Gasteiger partial charge in [0.25, 0.3) is 0 Å². The molecule has 0 unspecified atom stereocenters. The molecule has 118 valence electrons. The van der Waals surface area contributed by atoms with Crippen LogP contribution in [0.15, 0.2) is 16.3 Å². The lowest BCUT2D eigenvalue weighted by Gasteiger charge is -2.40. The zero-order chi connectivity index (χ0) is 14.9. The number of thiophene rings is 1. The van der Waals surface area contributed by atoms with Crippen molar-refractivity contribution in [2.45, 2.75) is 54.5 Å². The molecule has 0 saturated heterocycles. The maximum absolute atomic E-state index is 12.3. The summed E-state index contributed by atoms with van der Waals surface area (Å²) in [6.45, 7) is 1.12. The second kappa shape index (κ2) is 5.96. The number of hydrogen-bond acceptors (Lipinski definition) is 5. The Morgan fingerprint density at radius 1 is 1.38 bits per heavy atom. The largest absolute Gasteiger partial charge is 0.377 e. The van der Waals surface area contributed by atoms with Crippen LogP contribution < -0.4 is 10.0 Å². The lowest BCUT2D eigenvalue weighted by Crippen LogP contribution is -2.49. The van der Waals surface area contributed by atoms with Gasteiger partial charge in [0.05, 0.1) is 5.60 Å². The van der Waals surface area contributed by atoms with Crippen LogP contribution in [0, 0.1) is 0 Å². The number of hydrogen-bond donors (Lipinski definition) is 2. The Morgan fingerprint density at radius 3 is 2.71 bits per heavy atom. The molecule has 1 aromatic heterocycles. The Morgan fingerprint density at radius 2 is 2.14 bits per heavy atom. The standard InChI is InChI=1S/C14H22N2O3S2/c1-19-14(7-2-8-14)10-16-21(17,18)13-6-5-12(20-13)9-15-11-3-4-11/h5-6,11,15-16H,2-4,7-10H2,1H3. The summed E-state index contributed by atoms with van der Waals surface area (Å²) in [5, 5.41) is 3.40. The SMILES string of the molecule is COC1(CNS(=O)(=O)c2ccc(CNC3CC3)s2)CCC1. The number of rotatable bonds is 8. The topological polar surface area (TPSA) is 67.4 Å². The van der Waals surface area contributed by atoms with Crippen LogP contribution in [0.4, 0.5) is 0 Å². The van der Waals surface area contributed by atoms with E-state index >= 15 is 0 Å². The molecule has 0 radical (unpaired) electrons. The molecule has 2 saturated carbocycles. The molecule has 2 aliphatic carbocycles. The molecule has 21 heavy (non-hydrogen) atoms. The molecule has 0 amide bonds. The third-order valence-electron chi connectivity index (χ3n) is 4.33. The Labute approximate surface area is 130 Å². The minimum Gasteiger partial charge on any atom is -0.377 e. The van der Waals surface area contributed by atoms with Gasteiger partial charge in [-0.3, -0.25) is 0 Å². The van der Waals surface area contributed by atoms with Crippen LogP contribution in [0.25, 0.3) is 0 Å². The molecule has 1 aromatic rings. The fourth-order valence-corrected chi connectivity index (χ4v) is 4.92. The summed E-state index contributed by atoms with van der Waals surface area (Å²) in [4.78, 5) is 1.06. The summed E-state index contributed by atoms with van der Waals surface area (Å²) >= 11 is 1.34. The number of sulfonamides is 1. The first-order valence-electron chi connectivity index (χ1n) is 7.40. The first-order chi connectivity index (χ1) is 10.0. The zero-order valence-electron chi connectivity index (χ0n) is 12.2. The van der Waals surface area contributed by atoms with E-state index in [0.717, 1.165) is 30.7 Å². The van der Waals surface area contributed by atoms with E-state index in [4.69, 9.17) is 4.74 Å². The molecule has 0 spiro atoms. The average molecular weight is 330 g/mol. The maximum atomic E-state index is 12.3. The van der Waals surface area contributed by atoms with Gasteiger partial charge in [-0.25, -0.2) is 13.1 Å². The Balaban J connectivity index is 1.58. The molecule has 0 atom stereocenters. The summed E-state index contributed by atoms with van der Waals surface area (Å²) in [7, 11) is -1.77. The molecule has 1 heterocycles. The monoisotopic (exact) mass is 330 g/mol. The number of nitrogens with one attached hydrogen (secondary N) is 2. The van der Waals surface area contributed by atoms with Crippen molar-refractivity contribution in [2.24, 2.45) is 0 Å². The quantitative estimate of drug-likeness (QED) is 0.763. The lowest BCUT2D eigenvalue weighted by atomic mass is 9.80. The van der Waals surface area contributed by atoms with Gasteiger partial charge in [0.2, 0.25) is 10.0 Å². The van der Waals surface area contributed by atoms with Crippen molar-refractivity contribution < 1.29 is 13.2 Å². The minimum absolute atomic E-state index is 0.291. The molecule has 3 rings (SSSR count). The zero-order valence-corrected chi connectivity index (χ0v) is 13.9. The summed E-state index contributed by atoms with van der Waals surface area (Å²) < 4.78 is 33.2. The molecule has 2 aliphatic rings. The van der Waals surface area contributed by atoms with Crippen LogP contribution >= 0.6 is 11.3 Å². The van der Waals surface area contributed by atoms with Crippen LogP contribution in [0.3, 0.4) is 0 Å². The number of methoxy groups -OCH3 is 1. The Bertz CT molecular complexity index is 584. The lowest BCUT2D eigenvalue weighted by molar-refractivity contribution is -0.0659. The maximum Gasteiger partial charge on any atom is 0.250 e.